The maximum atomic E-state index is 13.6. The molecule has 2 aromatic carbocycles. The zero-order valence-corrected chi connectivity index (χ0v) is 23.3. The van der Waals surface area contributed by atoms with Crippen LogP contribution in [0.4, 0.5) is 0 Å². The molecule has 0 saturated carbocycles. The van der Waals surface area contributed by atoms with Crippen molar-refractivity contribution in [1.29, 1.82) is 0 Å². The molecule has 1 fully saturated rings. The van der Waals surface area contributed by atoms with Gasteiger partial charge in [-0.3, -0.25) is 9.59 Å². The molecule has 0 radical (unpaired) electrons. The third-order valence-corrected chi connectivity index (χ3v) is 7.43. The molecule has 2 amide bonds. The molecule has 5 nitrogen and oxygen atoms in total. The van der Waals surface area contributed by atoms with Crippen LogP contribution in [0.25, 0.3) is 11.1 Å². The molecule has 3 rings (SSSR count). The first-order chi connectivity index (χ1) is 18.3. The highest BCUT2D eigenvalue weighted by Crippen LogP contribution is 2.29. The maximum absolute atomic E-state index is 13.6. The number of nitrogens with one attached hydrogen (secondary N) is 1. The minimum absolute atomic E-state index is 0.00191. The van der Waals surface area contributed by atoms with E-state index in [1.54, 1.807) is 11.9 Å². The van der Waals surface area contributed by atoms with Crippen molar-refractivity contribution in [3.8, 4) is 35.4 Å². The van der Waals surface area contributed by atoms with E-state index in [1.807, 2.05) is 30.9 Å². The van der Waals surface area contributed by atoms with Crippen molar-refractivity contribution in [2.45, 2.75) is 83.8 Å². The highest BCUT2D eigenvalue weighted by molar-refractivity contribution is 5.99. The summed E-state index contributed by atoms with van der Waals surface area (Å²) in [5.41, 5.74) is 3.53. The summed E-state index contributed by atoms with van der Waals surface area (Å²) in [6.07, 6.45) is 12.6. The van der Waals surface area contributed by atoms with Gasteiger partial charge in [-0.05, 0) is 54.5 Å². The fourth-order valence-corrected chi connectivity index (χ4v) is 5.12. The van der Waals surface area contributed by atoms with Crippen LogP contribution in [0.1, 0.15) is 70.4 Å². The number of hydrogen-bond acceptors (Lipinski definition) is 3. The summed E-state index contributed by atoms with van der Waals surface area (Å²) in [6, 6.07) is 18.8. The smallest absolute Gasteiger partial charge is 0.248 e. The Labute approximate surface area is 229 Å². The summed E-state index contributed by atoms with van der Waals surface area (Å²) < 4.78 is 0. The lowest BCUT2D eigenvalue weighted by molar-refractivity contribution is -0.166. The predicted molar refractivity (Wildman–Crippen MR) is 155 cm³/mol. The lowest BCUT2D eigenvalue weighted by atomic mass is 9.90. The summed E-state index contributed by atoms with van der Waals surface area (Å²) >= 11 is 0. The third kappa shape index (κ3) is 7.20. The summed E-state index contributed by atoms with van der Waals surface area (Å²) in [5, 5.41) is 3.01. The van der Waals surface area contributed by atoms with Crippen molar-refractivity contribution in [2.75, 3.05) is 13.6 Å². The zero-order chi connectivity index (χ0) is 27.5. The first-order valence-electron chi connectivity index (χ1n) is 13.7. The van der Waals surface area contributed by atoms with Crippen molar-refractivity contribution < 1.29 is 9.59 Å². The van der Waals surface area contributed by atoms with Gasteiger partial charge in [0.05, 0.1) is 0 Å². The van der Waals surface area contributed by atoms with Crippen molar-refractivity contribution >= 4 is 11.8 Å². The Bertz CT molecular complexity index is 1200. The second-order valence-electron chi connectivity index (χ2n) is 10.6. The van der Waals surface area contributed by atoms with Crippen molar-refractivity contribution in [3.05, 3.63) is 59.7 Å². The van der Waals surface area contributed by atoms with Crippen LogP contribution < -0.4 is 5.32 Å². The van der Waals surface area contributed by atoms with Crippen LogP contribution in [0.2, 0.25) is 0 Å². The fraction of sp³-hybridized carbons (Fsp3) is 0.455. The molecule has 0 unspecified atom stereocenters. The van der Waals surface area contributed by atoms with Crippen LogP contribution in [-0.2, 0) is 22.6 Å². The van der Waals surface area contributed by atoms with Gasteiger partial charge < -0.3 is 15.1 Å². The molecular formula is C33H41N3O2. The molecular weight excluding hydrogens is 470 g/mol. The van der Waals surface area contributed by atoms with E-state index < -0.39 is 11.6 Å². The summed E-state index contributed by atoms with van der Waals surface area (Å²) in [7, 11) is 1.76. The molecule has 200 valence electrons. The molecule has 0 aliphatic carbocycles. The highest BCUT2D eigenvalue weighted by Gasteiger charge is 2.49. The molecule has 0 aromatic heterocycles. The van der Waals surface area contributed by atoms with Gasteiger partial charge in [-0.15, -0.1) is 6.42 Å². The minimum atomic E-state index is -0.818. The fourth-order valence-electron chi connectivity index (χ4n) is 5.12. The van der Waals surface area contributed by atoms with E-state index in [1.165, 1.54) is 25.7 Å². The monoisotopic (exact) mass is 511 g/mol. The molecule has 2 aromatic rings. The Morgan fingerprint density at radius 3 is 2.37 bits per heavy atom. The van der Waals surface area contributed by atoms with Crippen LogP contribution >= 0.6 is 0 Å². The molecule has 1 N–H and O–H groups in total. The third-order valence-electron chi connectivity index (χ3n) is 7.43. The number of piperazine rings is 1. The summed E-state index contributed by atoms with van der Waals surface area (Å²) in [4.78, 5) is 30.4. The summed E-state index contributed by atoms with van der Waals surface area (Å²) in [6.45, 7) is 7.19. The van der Waals surface area contributed by atoms with Gasteiger partial charge in [0, 0.05) is 38.5 Å². The first kappa shape index (κ1) is 28.9. The Morgan fingerprint density at radius 1 is 0.947 bits per heavy atom. The van der Waals surface area contributed by atoms with Gasteiger partial charge in [0.2, 0.25) is 11.8 Å². The quantitative estimate of drug-likeness (QED) is 0.236. The predicted octanol–water partition coefficient (Wildman–Crippen LogP) is 5.39. The van der Waals surface area contributed by atoms with Gasteiger partial charge in [-0.1, -0.05) is 81.5 Å². The van der Waals surface area contributed by atoms with E-state index in [9.17, 15) is 9.59 Å². The number of terminal acetylenes is 1. The second-order valence-corrected chi connectivity index (χ2v) is 10.6. The molecule has 38 heavy (non-hydrogen) atoms. The number of carbonyl (C=O) groups excluding carboxylic acids is 2. The Morgan fingerprint density at radius 2 is 1.66 bits per heavy atom. The topological polar surface area (TPSA) is 52.7 Å². The number of nitrogens with zero attached hydrogens (tertiary/aromatic N) is 2. The van der Waals surface area contributed by atoms with E-state index in [0.717, 1.165) is 35.1 Å². The number of amides is 2. The minimum Gasteiger partial charge on any atom is -0.341 e. The van der Waals surface area contributed by atoms with Crippen molar-refractivity contribution in [3.63, 3.8) is 0 Å². The standard InChI is InChI=1S/C33H41N3O2/c1-6-8-10-11-12-13-22-36-31(37)30(35(5)32(38)33(36,3)4)24-26-17-19-28(20-18-26)29-16-14-15-27(23-29)25-34-21-9-7-2/h2,14-20,23,30,34H,6,8,10-13,22,24-25H2,1,3-5H3/t30-/m0/s1. The number of unbranched alkanes of at least 4 members (excludes halogenated alkanes) is 5. The zero-order valence-electron chi connectivity index (χ0n) is 23.3. The largest absolute Gasteiger partial charge is 0.341 e. The summed E-state index contributed by atoms with van der Waals surface area (Å²) in [5.74, 6) is 4.89. The number of rotatable bonds is 12. The van der Waals surface area contributed by atoms with E-state index in [-0.39, 0.29) is 11.8 Å². The van der Waals surface area contributed by atoms with Gasteiger partial charge in [0.1, 0.15) is 11.6 Å². The van der Waals surface area contributed by atoms with Crippen LogP contribution in [0, 0.1) is 24.3 Å². The van der Waals surface area contributed by atoms with Crippen LogP contribution in [-0.4, -0.2) is 46.8 Å². The van der Waals surface area contributed by atoms with Gasteiger partial charge in [0.25, 0.3) is 0 Å². The number of likely N-dealkylation sites (N-methyl/N-ethyl adjacent to an activating group) is 1. The van der Waals surface area contributed by atoms with E-state index in [4.69, 9.17) is 6.42 Å². The number of benzene rings is 2. The molecule has 1 aliphatic rings. The van der Waals surface area contributed by atoms with E-state index in [0.29, 0.717) is 19.5 Å². The number of carbonyl (C=O) groups is 2. The van der Waals surface area contributed by atoms with Crippen molar-refractivity contribution in [2.24, 2.45) is 0 Å². The van der Waals surface area contributed by atoms with Crippen LogP contribution in [0.5, 0.6) is 0 Å². The molecule has 5 heteroatoms. The molecule has 0 spiro atoms. The number of hydrogen-bond donors (Lipinski definition) is 1. The van der Waals surface area contributed by atoms with Gasteiger partial charge in [0.15, 0.2) is 0 Å². The molecule has 1 saturated heterocycles. The lowest BCUT2D eigenvalue weighted by Crippen LogP contribution is -2.69. The molecule has 0 bridgehead atoms. The molecule has 1 atom stereocenters. The Hall–Kier alpha value is -3.70. The lowest BCUT2D eigenvalue weighted by Gasteiger charge is -2.48. The van der Waals surface area contributed by atoms with Gasteiger partial charge in [-0.25, -0.2) is 0 Å². The van der Waals surface area contributed by atoms with Crippen LogP contribution in [0.15, 0.2) is 48.5 Å². The van der Waals surface area contributed by atoms with E-state index in [2.05, 4.69) is 66.5 Å². The molecule has 1 heterocycles. The molecule has 1 aliphatic heterocycles. The average Bonchev–Trinajstić information content (AvgIpc) is 2.92. The highest BCUT2D eigenvalue weighted by atomic mass is 16.2. The van der Waals surface area contributed by atoms with Gasteiger partial charge in [-0.2, -0.15) is 0 Å². The van der Waals surface area contributed by atoms with E-state index >= 15 is 0 Å². The average molecular weight is 512 g/mol. The first-order valence-corrected chi connectivity index (χ1v) is 13.7. The van der Waals surface area contributed by atoms with Gasteiger partial charge >= 0.3 is 0 Å². The van der Waals surface area contributed by atoms with Crippen molar-refractivity contribution in [1.82, 2.24) is 15.1 Å². The normalized spacial score (nSPS) is 16.6. The second kappa shape index (κ2) is 13.7. The Balaban J connectivity index is 1.67. The SMILES string of the molecule is C#CC#CNCc1cccc(-c2ccc(C[C@H]3C(=O)N(CCCCCCCC)C(C)(C)C(=O)N3C)cc2)c1. The Kier molecular flexibility index (Phi) is 10.4. The van der Waals surface area contributed by atoms with Crippen LogP contribution in [0.3, 0.4) is 0 Å². The maximum Gasteiger partial charge on any atom is 0.248 e.